The fraction of sp³-hybridized carbons (Fsp3) is 0.308. The zero-order chi connectivity index (χ0) is 15.8. The lowest BCUT2D eigenvalue weighted by Crippen LogP contribution is -2.20. The van der Waals surface area contributed by atoms with Crippen molar-refractivity contribution in [3.05, 3.63) is 34.4 Å². The second-order valence-electron chi connectivity index (χ2n) is 4.51. The smallest absolute Gasteiger partial charge is 0.356 e. The van der Waals surface area contributed by atoms with Gasteiger partial charge in [-0.2, -0.15) is 18.4 Å². The second kappa shape index (κ2) is 5.07. The Labute approximate surface area is 119 Å². The van der Waals surface area contributed by atoms with Gasteiger partial charge in [0.25, 0.3) is 0 Å². The molecular formula is C13H11F3N2O2S. The molecule has 0 fully saturated rings. The third kappa shape index (κ3) is 2.61. The van der Waals surface area contributed by atoms with E-state index in [1.165, 1.54) is 0 Å². The van der Waals surface area contributed by atoms with Gasteiger partial charge in [-0.05, 0) is 24.6 Å². The summed E-state index contributed by atoms with van der Waals surface area (Å²) in [6, 6.07) is 3.94. The van der Waals surface area contributed by atoms with Crippen molar-refractivity contribution in [2.24, 2.45) is 0 Å². The number of nitriles is 1. The van der Waals surface area contributed by atoms with Crippen molar-refractivity contribution >= 4 is 15.5 Å². The van der Waals surface area contributed by atoms with E-state index in [0.29, 0.717) is 12.5 Å². The number of nitrogens with one attached hydrogen (secondary N) is 1. The maximum Gasteiger partial charge on any atom is 0.416 e. The van der Waals surface area contributed by atoms with E-state index in [1.54, 1.807) is 13.0 Å². The lowest BCUT2D eigenvalue weighted by molar-refractivity contribution is -0.137. The second-order valence-corrected chi connectivity index (χ2v) is 6.36. The Kier molecular flexibility index (Phi) is 3.72. The van der Waals surface area contributed by atoms with E-state index in [0.717, 1.165) is 12.1 Å². The van der Waals surface area contributed by atoms with Crippen LogP contribution in [0.15, 0.2) is 33.7 Å². The van der Waals surface area contributed by atoms with Crippen molar-refractivity contribution in [3.63, 3.8) is 0 Å². The molecule has 0 unspecified atom stereocenters. The van der Waals surface area contributed by atoms with Gasteiger partial charge in [-0.15, -0.1) is 0 Å². The molecule has 0 aliphatic carbocycles. The number of benzene rings is 1. The predicted molar refractivity (Wildman–Crippen MR) is 69.8 cm³/mol. The predicted octanol–water partition coefficient (Wildman–Crippen LogP) is 3.44. The monoisotopic (exact) mass is 316 g/mol. The van der Waals surface area contributed by atoms with Crippen molar-refractivity contribution in [1.82, 2.24) is 0 Å². The van der Waals surface area contributed by atoms with E-state index in [9.17, 15) is 21.6 Å². The Bertz CT molecular complexity index is 759. The number of rotatable bonds is 2. The zero-order valence-corrected chi connectivity index (χ0v) is 11.8. The molecule has 0 atom stereocenters. The molecule has 0 saturated carbocycles. The van der Waals surface area contributed by atoms with Crippen LogP contribution in [0, 0.1) is 11.3 Å². The first kappa shape index (κ1) is 15.4. The third-order valence-corrected chi connectivity index (χ3v) is 4.84. The molecule has 0 radical (unpaired) electrons. The standard InChI is InChI=1S/C13H11F3N2O2S/c1-2-3-9-12(7-17)21(19,20)11-5-4-8(13(14,15)16)6-10(11)18-9/h4-6,18H,2-3H2,1H3. The average molecular weight is 316 g/mol. The normalized spacial score (nSPS) is 16.9. The van der Waals surface area contributed by atoms with Crippen LogP contribution >= 0.6 is 0 Å². The van der Waals surface area contributed by atoms with E-state index < -0.39 is 26.5 Å². The van der Waals surface area contributed by atoms with Gasteiger partial charge in [0, 0.05) is 5.70 Å². The first-order chi connectivity index (χ1) is 9.71. The molecule has 0 amide bonds. The summed E-state index contributed by atoms with van der Waals surface area (Å²) in [7, 11) is -4.08. The summed E-state index contributed by atoms with van der Waals surface area (Å²) in [4.78, 5) is -0.747. The molecular weight excluding hydrogens is 305 g/mol. The Balaban J connectivity index is 2.65. The van der Waals surface area contributed by atoms with Gasteiger partial charge >= 0.3 is 6.18 Å². The maximum absolute atomic E-state index is 12.7. The number of alkyl halides is 3. The molecule has 1 aromatic rings. The van der Waals surface area contributed by atoms with Gasteiger partial charge in [0.2, 0.25) is 9.84 Å². The van der Waals surface area contributed by atoms with Crippen molar-refractivity contribution in [2.45, 2.75) is 30.8 Å². The largest absolute Gasteiger partial charge is 0.416 e. The Morgan fingerprint density at radius 1 is 1.33 bits per heavy atom. The number of halogens is 3. The van der Waals surface area contributed by atoms with E-state index in [2.05, 4.69) is 5.32 Å². The first-order valence-electron chi connectivity index (χ1n) is 6.08. The molecule has 0 bridgehead atoms. The molecule has 0 spiro atoms. The molecule has 0 aromatic heterocycles. The fourth-order valence-corrected chi connectivity index (χ4v) is 3.55. The van der Waals surface area contributed by atoms with E-state index in [-0.39, 0.29) is 22.7 Å². The van der Waals surface area contributed by atoms with Crippen LogP contribution in [-0.4, -0.2) is 8.42 Å². The Morgan fingerprint density at radius 2 is 2.00 bits per heavy atom. The van der Waals surface area contributed by atoms with Gasteiger partial charge in [-0.3, -0.25) is 0 Å². The molecule has 0 saturated heterocycles. The lowest BCUT2D eigenvalue weighted by Gasteiger charge is -2.22. The third-order valence-electron chi connectivity index (χ3n) is 3.03. The minimum absolute atomic E-state index is 0.131. The maximum atomic E-state index is 12.7. The van der Waals surface area contributed by atoms with Gasteiger partial charge in [0.15, 0.2) is 4.91 Å². The first-order valence-corrected chi connectivity index (χ1v) is 7.56. The highest BCUT2D eigenvalue weighted by Gasteiger charge is 2.36. The number of hydrogen-bond donors (Lipinski definition) is 1. The highest BCUT2D eigenvalue weighted by Crippen LogP contribution is 2.39. The van der Waals surface area contributed by atoms with E-state index in [4.69, 9.17) is 5.26 Å². The van der Waals surface area contributed by atoms with Crippen LogP contribution in [0.3, 0.4) is 0 Å². The van der Waals surface area contributed by atoms with E-state index in [1.807, 2.05) is 0 Å². The van der Waals surface area contributed by atoms with Crippen molar-refractivity contribution < 1.29 is 21.6 Å². The summed E-state index contributed by atoms with van der Waals surface area (Å²) < 4.78 is 62.7. The van der Waals surface area contributed by atoms with Crippen LogP contribution < -0.4 is 5.32 Å². The topological polar surface area (TPSA) is 70.0 Å². The molecule has 4 nitrogen and oxygen atoms in total. The summed E-state index contributed by atoms with van der Waals surface area (Å²) in [5.74, 6) is 0. The fourth-order valence-electron chi connectivity index (χ4n) is 2.08. The van der Waals surface area contributed by atoms with Crippen LogP contribution in [0.4, 0.5) is 18.9 Å². The van der Waals surface area contributed by atoms with Crippen LogP contribution in [0.2, 0.25) is 0 Å². The SMILES string of the molecule is CCCC1=C(C#N)S(=O)(=O)c2ccc(C(F)(F)F)cc2N1. The highest BCUT2D eigenvalue weighted by atomic mass is 32.2. The summed E-state index contributed by atoms with van der Waals surface area (Å²) >= 11 is 0. The number of hydrogen-bond acceptors (Lipinski definition) is 4. The Hall–Kier alpha value is -2.01. The molecule has 112 valence electrons. The lowest BCUT2D eigenvalue weighted by atomic mass is 10.1. The molecule has 1 aromatic carbocycles. The summed E-state index contributed by atoms with van der Waals surface area (Å²) in [5.41, 5.74) is -0.959. The van der Waals surface area contributed by atoms with Crippen LogP contribution in [0.25, 0.3) is 0 Å². The average Bonchev–Trinajstić information content (AvgIpc) is 2.37. The Morgan fingerprint density at radius 3 is 2.52 bits per heavy atom. The molecule has 21 heavy (non-hydrogen) atoms. The van der Waals surface area contributed by atoms with E-state index >= 15 is 0 Å². The summed E-state index contributed by atoms with van der Waals surface area (Å²) in [5, 5.41) is 11.7. The molecule has 1 N–H and O–H groups in total. The van der Waals surface area contributed by atoms with Crippen LogP contribution in [0.1, 0.15) is 25.3 Å². The van der Waals surface area contributed by atoms with Crippen molar-refractivity contribution in [1.29, 1.82) is 5.26 Å². The van der Waals surface area contributed by atoms with Gasteiger partial charge in [-0.1, -0.05) is 13.3 Å². The number of allylic oxidation sites excluding steroid dienone is 2. The minimum Gasteiger partial charge on any atom is -0.356 e. The number of nitrogens with zero attached hydrogens (tertiary/aromatic N) is 1. The molecule has 1 aliphatic heterocycles. The van der Waals surface area contributed by atoms with Crippen LogP contribution in [0.5, 0.6) is 0 Å². The molecule has 1 aliphatic rings. The highest BCUT2D eigenvalue weighted by molar-refractivity contribution is 7.95. The van der Waals surface area contributed by atoms with Gasteiger partial charge in [0.05, 0.1) is 16.1 Å². The van der Waals surface area contributed by atoms with Crippen molar-refractivity contribution in [3.8, 4) is 6.07 Å². The van der Waals surface area contributed by atoms with Gasteiger partial charge in [0.1, 0.15) is 6.07 Å². The minimum atomic E-state index is -4.56. The van der Waals surface area contributed by atoms with Crippen LogP contribution in [-0.2, 0) is 16.0 Å². The van der Waals surface area contributed by atoms with Gasteiger partial charge < -0.3 is 5.32 Å². The number of fused-ring (bicyclic) bond motifs is 1. The quantitative estimate of drug-likeness (QED) is 0.907. The summed E-state index contributed by atoms with van der Waals surface area (Å²) in [6.07, 6.45) is -3.75. The molecule has 1 heterocycles. The molecule has 8 heteroatoms. The van der Waals surface area contributed by atoms with Crippen molar-refractivity contribution in [2.75, 3.05) is 5.32 Å². The molecule has 2 rings (SSSR count). The zero-order valence-electron chi connectivity index (χ0n) is 11.0. The number of sulfone groups is 1. The van der Waals surface area contributed by atoms with Gasteiger partial charge in [-0.25, -0.2) is 8.42 Å². The number of anilines is 1. The summed E-state index contributed by atoms with van der Waals surface area (Å²) in [6.45, 7) is 1.78.